The maximum atomic E-state index is 6.19. The van der Waals surface area contributed by atoms with Gasteiger partial charge in [-0.3, -0.25) is 9.80 Å². The Hall–Kier alpha value is -0.120. The molecular formula is C16H33N3. The van der Waals surface area contributed by atoms with Crippen LogP contribution < -0.4 is 5.73 Å². The fourth-order valence-electron chi connectivity index (χ4n) is 3.76. The minimum absolute atomic E-state index is 0.263. The van der Waals surface area contributed by atoms with E-state index in [2.05, 4.69) is 37.5 Å². The van der Waals surface area contributed by atoms with Gasteiger partial charge < -0.3 is 5.73 Å². The fraction of sp³-hybridized carbons (Fsp3) is 1.00. The Balaban J connectivity index is 2.00. The molecule has 0 spiro atoms. The first kappa shape index (κ1) is 15.3. The van der Waals surface area contributed by atoms with E-state index >= 15 is 0 Å². The molecule has 0 aromatic heterocycles. The van der Waals surface area contributed by atoms with Gasteiger partial charge in [0, 0.05) is 31.2 Å². The summed E-state index contributed by atoms with van der Waals surface area (Å²) in [6.07, 6.45) is 5.25. The van der Waals surface area contributed by atoms with Crippen LogP contribution in [0, 0.1) is 5.41 Å². The Bertz CT molecular complexity index is 294. The van der Waals surface area contributed by atoms with Gasteiger partial charge in [0.25, 0.3) is 0 Å². The van der Waals surface area contributed by atoms with Gasteiger partial charge in [-0.05, 0) is 51.6 Å². The Morgan fingerprint density at radius 2 is 1.74 bits per heavy atom. The van der Waals surface area contributed by atoms with E-state index in [1.54, 1.807) is 0 Å². The van der Waals surface area contributed by atoms with Gasteiger partial charge in [-0.15, -0.1) is 0 Å². The minimum atomic E-state index is 0.263. The highest BCUT2D eigenvalue weighted by Crippen LogP contribution is 2.38. The molecule has 112 valence electrons. The largest absolute Gasteiger partial charge is 0.329 e. The number of nitrogens with two attached hydrogens (primary N) is 1. The van der Waals surface area contributed by atoms with Gasteiger partial charge in [-0.1, -0.05) is 20.3 Å². The topological polar surface area (TPSA) is 32.5 Å². The molecule has 19 heavy (non-hydrogen) atoms. The van der Waals surface area contributed by atoms with Gasteiger partial charge in [-0.2, -0.15) is 0 Å². The highest BCUT2D eigenvalue weighted by atomic mass is 15.3. The highest BCUT2D eigenvalue weighted by molar-refractivity contribution is 5.02. The van der Waals surface area contributed by atoms with Crippen LogP contribution in [0.2, 0.25) is 0 Å². The lowest BCUT2D eigenvalue weighted by Gasteiger charge is -2.47. The van der Waals surface area contributed by atoms with Gasteiger partial charge >= 0.3 is 0 Å². The van der Waals surface area contributed by atoms with Gasteiger partial charge in [0.2, 0.25) is 0 Å². The van der Waals surface area contributed by atoms with Crippen LogP contribution in [-0.2, 0) is 0 Å². The lowest BCUT2D eigenvalue weighted by Crippen LogP contribution is -2.59. The van der Waals surface area contributed by atoms with Gasteiger partial charge in [0.1, 0.15) is 0 Å². The first-order valence-electron chi connectivity index (χ1n) is 8.14. The van der Waals surface area contributed by atoms with Crippen molar-refractivity contribution in [1.82, 2.24) is 9.80 Å². The standard InChI is InChI=1S/C16H33N3/c1-5-15(4)6-10-19(11-7-15)16(12-17)8-9-18(13-16)14(2)3/h14H,5-13,17H2,1-4H3. The average Bonchev–Trinajstić information content (AvgIpc) is 2.85. The van der Waals surface area contributed by atoms with Crippen molar-refractivity contribution in [2.45, 2.75) is 65.0 Å². The maximum absolute atomic E-state index is 6.19. The van der Waals surface area contributed by atoms with Gasteiger partial charge in [0.15, 0.2) is 0 Å². The van der Waals surface area contributed by atoms with Crippen LogP contribution in [0.25, 0.3) is 0 Å². The summed E-state index contributed by atoms with van der Waals surface area (Å²) in [4.78, 5) is 5.31. The molecule has 1 unspecified atom stereocenters. The molecule has 1 atom stereocenters. The Labute approximate surface area is 119 Å². The van der Waals surface area contributed by atoms with Crippen LogP contribution >= 0.6 is 0 Å². The van der Waals surface area contributed by atoms with Crippen LogP contribution in [0.15, 0.2) is 0 Å². The van der Waals surface area contributed by atoms with Crippen LogP contribution in [-0.4, -0.2) is 54.1 Å². The van der Waals surface area contributed by atoms with Crippen molar-refractivity contribution in [2.75, 3.05) is 32.7 Å². The van der Waals surface area contributed by atoms with Crippen molar-refractivity contribution in [1.29, 1.82) is 0 Å². The maximum Gasteiger partial charge on any atom is 0.0470 e. The Kier molecular flexibility index (Phi) is 4.59. The molecule has 2 saturated heterocycles. The molecule has 0 bridgehead atoms. The average molecular weight is 267 g/mol. The molecule has 0 amide bonds. The lowest BCUT2D eigenvalue weighted by atomic mass is 9.77. The smallest absolute Gasteiger partial charge is 0.0470 e. The summed E-state index contributed by atoms with van der Waals surface area (Å²) in [6, 6.07) is 0.652. The van der Waals surface area contributed by atoms with Crippen LogP contribution in [0.1, 0.15) is 53.4 Å². The van der Waals surface area contributed by atoms with Crippen LogP contribution in [0.4, 0.5) is 0 Å². The van der Waals surface area contributed by atoms with Crippen molar-refractivity contribution in [3.05, 3.63) is 0 Å². The van der Waals surface area contributed by atoms with Gasteiger partial charge in [-0.25, -0.2) is 0 Å². The van der Waals surface area contributed by atoms with E-state index in [1.165, 1.54) is 51.9 Å². The summed E-state index contributed by atoms with van der Waals surface area (Å²) >= 11 is 0. The Morgan fingerprint density at radius 1 is 1.11 bits per heavy atom. The summed E-state index contributed by atoms with van der Waals surface area (Å²) in [6.45, 7) is 15.1. The number of hydrogen-bond acceptors (Lipinski definition) is 3. The molecule has 0 aromatic carbocycles. The van der Waals surface area contributed by atoms with Crippen molar-refractivity contribution >= 4 is 0 Å². The third kappa shape index (κ3) is 2.98. The number of piperidine rings is 1. The molecule has 2 heterocycles. The Morgan fingerprint density at radius 3 is 2.16 bits per heavy atom. The molecule has 3 heteroatoms. The molecule has 2 N–H and O–H groups in total. The first-order chi connectivity index (χ1) is 8.95. The summed E-state index contributed by atoms with van der Waals surface area (Å²) < 4.78 is 0. The van der Waals surface area contributed by atoms with Gasteiger partial charge in [0.05, 0.1) is 0 Å². The van der Waals surface area contributed by atoms with Crippen molar-refractivity contribution < 1.29 is 0 Å². The SMILES string of the molecule is CCC1(C)CCN(C2(CN)CCN(C(C)C)C2)CC1. The molecule has 0 aliphatic carbocycles. The summed E-state index contributed by atoms with van der Waals surface area (Å²) in [5.74, 6) is 0. The normalized spacial score (nSPS) is 33.2. The molecule has 0 aromatic rings. The zero-order valence-electron chi connectivity index (χ0n) is 13.4. The molecule has 2 rings (SSSR count). The molecule has 2 fully saturated rings. The molecule has 3 nitrogen and oxygen atoms in total. The molecule has 0 saturated carbocycles. The number of nitrogens with zero attached hydrogens (tertiary/aromatic N) is 2. The second kappa shape index (κ2) is 5.71. The quantitative estimate of drug-likeness (QED) is 0.848. The van der Waals surface area contributed by atoms with E-state index in [1.807, 2.05) is 0 Å². The predicted octanol–water partition coefficient (Wildman–Crippen LogP) is 2.31. The summed E-state index contributed by atoms with van der Waals surface area (Å²) in [7, 11) is 0. The summed E-state index contributed by atoms with van der Waals surface area (Å²) in [5, 5.41) is 0. The van der Waals surface area contributed by atoms with E-state index in [4.69, 9.17) is 5.73 Å². The second-order valence-corrected chi connectivity index (χ2v) is 7.39. The van der Waals surface area contributed by atoms with Crippen molar-refractivity contribution in [3.8, 4) is 0 Å². The first-order valence-corrected chi connectivity index (χ1v) is 8.14. The predicted molar refractivity (Wildman–Crippen MR) is 82.3 cm³/mol. The molecule has 0 radical (unpaired) electrons. The van der Waals surface area contributed by atoms with E-state index in [-0.39, 0.29) is 5.54 Å². The van der Waals surface area contributed by atoms with E-state index < -0.39 is 0 Å². The van der Waals surface area contributed by atoms with Crippen molar-refractivity contribution in [2.24, 2.45) is 11.1 Å². The third-order valence-corrected chi connectivity index (χ3v) is 5.97. The van der Waals surface area contributed by atoms with E-state index in [9.17, 15) is 0 Å². The van der Waals surface area contributed by atoms with Crippen LogP contribution in [0.5, 0.6) is 0 Å². The zero-order chi connectivity index (χ0) is 14.1. The third-order valence-electron chi connectivity index (χ3n) is 5.97. The molecular weight excluding hydrogens is 234 g/mol. The molecule has 2 aliphatic rings. The van der Waals surface area contributed by atoms with E-state index in [0.29, 0.717) is 11.5 Å². The number of hydrogen-bond donors (Lipinski definition) is 1. The lowest BCUT2D eigenvalue weighted by molar-refractivity contribution is 0.0276. The minimum Gasteiger partial charge on any atom is -0.329 e. The number of likely N-dealkylation sites (tertiary alicyclic amines) is 2. The van der Waals surface area contributed by atoms with E-state index in [0.717, 1.165) is 6.54 Å². The van der Waals surface area contributed by atoms with Crippen molar-refractivity contribution in [3.63, 3.8) is 0 Å². The van der Waals surface area contributed by atoms with Crippen LogP contribution in [0.3, 0.4) is 0 Å². The molecule has 2 aliphatic heterocycles. The zero-order valence-corrected chi connectivity index (χ0v) is 13.4. The second-order valence-electron chi connectivity index (χ2n) is 7.39. The fourth-order valence-corrected chi connectivity index (χ4v) is 3.76. The highest BCUT2D eigenvalue weighted by Gasteiger charge is 2.44. The number of rotatable bonds is 4. The summed E-state index contributed by atoms with van der Waals surface area (Å²) in [5.41, 5.74) is 7.03. The monoisotopic (exact) mass is 267 g/mol.